The van der Waals surface area contributed by atoms with Gasteiger partial charge in [0.05, 0.1) is 5.92 Å². The summed E-state index contributed by atoms with van der Waals surface area (Å²) in [5.41, 5.74) is 0.835. The number of rotatable bonds is 5. The molecule has 1 saturated carbocycles. The summed E-state index contributed by atoms with van der Waals surface area (Å²) in [7, 11) is 0. The average Bonchev–Trinajstić information content (AvgIpc) is 2.87. The molecule has 0 aromatic heterocycles. The third-order valence-corrected chi connectivity index (χ3v) is 4.86. The van der Waals surface area contributed by atoms with Crippen LogP contribution in [0.3, 0.4) is 0 Å². The van der Waals surface area contributed by atoms with Gasteiger partial charge in [0.15, 0.2) is 18.1 Å². The molecule has 1 heterocycles. The maximum atomic E-state index is 12.1. The largest absolute Gasteiger partial charge is 0.483 e. The fraction of sp³-hybridized carbons (Fsp3) is 0.579. The van der Waals surface area contributed by atoms with E-state index in [1.165, 1.54) is 0 Å². The number of hydrogen-bond donors (Lipinski definition) is 2. The summed E-state index contributed by atoms with van der Waals surface area (Å²) >= 11 is 0. The van der Waals surface area contributed by atoms with E-state index >= 15 is 0 Å². The second kappa shape index (κ2) is 6.94. The van der Waals surface area contributed by atoms with Gasteiger partial charge in [-0.3, -0.25) is 9.59 Å². The molecule has 1 fully saturated rings. The van der Waals surface area contributed by atoms with Crippen LogP contribution in [0.25, 0.3) is 0 Å². The number of hydrogen-bond acceptors (Lipinski definition) is 4. The number of fused-ring (bicyclic) bond motifs is 1. The minimum Gasteiger partial charge on any atom is -0.483 e. The second-order valence-electron chi connectivity index (χ2n) is 7.53. The molecule has 0 saturated heterocycles. The molecule has 1 amide bonds. The summed E-state index contributed by atoms with van der Waals surface area (Å²) in [6.07, 6.45) is 3.42. The van der Waals surface area contributed by atoms with E-state index in [9.17, 15) is 9.59 Å². The van der Waals surface area contributed by atoms with E-state index < -0.39 is 5.97 Å². The van der Waals surface area contributed by atoms with Crippen molar-refractivity contribution < 1.29 is 24.2 Å². The number of nitrogens with one attached hydrogen (secondary N) is 1. The smallest absolute Gasteiger partial charge is 0.306 e. The number of amides is 1. The molecule has 25 heavy (non-hydrogen) atoms. The molecular formula is C19H25NO5. The Morgan fingerprint density at radius 2 is 2.00 bits per heavy atom. The molecular weight excluding hydrogens is 322 g/mol. The van der Waals surface area contributed by atoms with Crippen LogP contribution in [0.1, 0.15) is 45.1 Å². The summed E-state index contributed by atoms with van der Waals surface area (Å²) in [5.74, 6) is 0.106. The van der Waals surface area contributed by atoms with E-state index in [1.807, 2.05) is 32.0 Å². The lowest BCUT2D eigenvalue weighted by molar-refractivity contribution is -0.142. The number of carboxylic acids is 1. The van der Waals surface area contributed by atoms with Crippen LogP contribution in [0, 0.1) is 5.92 Å². The Morgan fingerprint density at radius 1 is 1.28 bits per heavy atom. The van der Waals surface area contributed by atoms with Crippen LogP contribution in [0.5, 0.6) is 11.5 Å². The zero-order valence-electron chi connectivity index (χ0n) is 14.7. The minimum absolute atomic E-state index is 0.0309. The van der Waals surface area contributed by atoms with Gasteiger partial charge in [-0.05, 0) is 45.6 Å². The first-order valence-electron chi connectivity index (χ1n) is 8.80. The van der Waals surface area contributed by atoms with E-state index in [4.69, 9.17) is 14.6 Å². The molecule has 0 spiro atoms. The van der Waals surface area contributed by atoms with Gasteiger partial charge in [0, 0.05) is 18.0 Å². The van der Waals surface area contributed by atoms with Crippen molar-refractivity contribution in [3.05, 3.63) is 23.8 Å². The Balaban J connectivity index is 1.50. The van der Waals surface area contributed by atoms with Crippen LogP contribution < -0.4 is 14.8 Å². The molecule has 3 rings (SSSR count). The quantitative estimate of drug-likeness (QED) is 0.855. The molecule has 0 atom stereocenters. The highest BCUT2D eigenvalue weighted by Crippen LogP contribution is 2.41. The summed E-state index contributed by atoms with van der Waals surface area (Å²) in [5, 5.41) is 11.9. The Kier molecular flexibility index (Phi) is 4.88. The van der Waals surface area contributed by atoms with E-state index in [0.717, 1.165) is 17.7 Å². The monoisotopic (exact) mass is 347 g/mol. The van der Waals surface area contributed by atoms with E-state index in [1.54, 1.807) is 0 Å². The SMILES string of the molecule is CC1(C)Cc2cccc(OCC(=O)NC3CCC(C(=O)O)CC3)c2O1. The third-order valence-electron chi connectivity index (χ3n) is 4.86. The van der Waals surface area contributed by atoms with Crippen molar-refractivity contribution in [1.82, 2.24) is 5.32 Å². The van der Waals surface area contributed by atoms with Gasteiger partial charge in [-0.15, -0.1) is 0 Å². The first-order chi connectivity index (χ1) is 11.8. The molecule has 6 heteroatoms. The number of carbonyl (C=O) groups excluding carboxylic acids is 1. The van der Waals surface area contributed by atoms with Crippen molar-refractivity contribution in [2.24, 2.45) is 5.92 Å². The predicted molar refractivity (Wildman–Crippen MR) is 91.9 cm³/mol. The number of benzene rings is 1. The van der Waals surface area contributed by atoms with E-state index in [2.05, 4.69) is 5.32 Å². The fourth-order valence-corrected chi connectivity index (χ4v) is 3.60. The molecule has 136 valence electrons. The van der Waals surface area contributed by atoms with Gasteiger partial charge in [0.1, 0.15) is 5.60 Å². The van der Waals surface area contributed by atoms with Gasteiger partial charge in [-0.25, -0.2) is 0 Å². The van der Waals surface area contributed by atoms with Crippen molar-refractivity contribution in [3.63, 3.8) is 0 Å². The lowest BCUT2D eigenvalue weighted by Gasteiger charge is -2.26. The van der Waals surface area contributed by atoms with Gasteiger partial charge < -0.3 is 19.9 Å². The molecule has 6 nitrogen and oxygen atoms in total. The van der Waals surface area contributed by atoms with Gasteiger partial charge >= 0.3 is 5.97 Å². The molecule has 2 N–H and O–H groups in total. The zero-order valence-corrected chi connectivity index (χ0v) is 14.7. The van der Waals surface area contributed by atoms with Crippen molar-refractivity contribution in [3.8, 4) is 11.5 Å². The topological polar surface area (TPSA) is 84.9 Å². The highest BCUT2D eigenvalue weighted by Gasteiger charge is 2.32. The van der Waals surface area contributed by atoms with E-state index in [-0.39, 0.29) is 30.1 Å². The lowest BCUT2D eigenvalue weighted by atomic mass is 9.86. The lowest BCUT2D eigenvalue weighted by Crippen LogP contribution is -2.40. The van der Waals surface area contributed by atoms with Crippen LogP contribution in [0.2, 0.25) is 0 Å². The van der Waals surface area contributed by atoms with Crippen molar-refractivity contribution in [1.29, 1.82) is 0 Å². The Hall–Kier alpha value is -2.24. The first-order valence-corrected chi connectivity index (χ1v) is 8.80. The van der Waals surface area contributed by atoms with E-state index in [0.29, 0.717) is 31.4 Å². The van der Waals surface area contributed by atoms with Crippen LogP contribution in [0.4, 0.5) is 0 Å². The number of aliphatic carboxylic acids is 1. The van der Waals surface area contributed by atoms with Gasteiger partial charge in [0.25, 0.3) is 5.91 Å². The fourth-order valence-electron chi connectivity index (χ4n) is 3.60. The standard InChI is InChI=1S/C19H25NO5/c1-19(2)10-13-4-3-5-15(17(13)25-19)24-11-16(21)20-14-8-6-12(7-9-14)18(22)23/h3-5,12,14H,6-11H2,1-2H3,(H,20,21)(H,22,23). The molecule has 0 radical (unpaired) electrons. The molecule has 1 aromatic carbocycles. The van der Waals surface area contributed by atoms with Crippen molar-refractivity contribution >= 4 is 11.9 Å². The molecule has 1 aliphatic carbocycles. The van der Waals surface area contributed by atoms with Crippen molar-refractivity contribution in [2.45, 2.75) is 57.6 Å². The molecule has 0 bridgehead atoms. The molecule has 1 aliphatic heterocycles. The Bertz CT molecular complexity index is 662. The number of carbonyl (C=O) groups is 2. The first kappa shape index (κ1) is 17.6. The van der Waals surface area contributed by atoms with Crippen molar-refractivity contribution in [2.75, 3.05) is 6.61 Å². The van der Waals surface area contributed by atoms with Gasteiger partial charge in [0.2, 0.25) is 0 Å². The maximum absolute atomic E-state index is 12.1. The van der Waals surface area contributed by atoms with Gasteiger partial charge in [-0.2, -0.15) is 0 Å². The van der Waals surface area contributed by atoms with Crippen LogP contribution >= 0.6 is 0 Å². The third kappa shape index (κ3) is 4.24. The normalized spacial score (nSPS) is 24.1. The Labute approximate surface area is 147 Å². The summed E-state index contributed by atoms with van der Waals surface area (Å²) in [6.45, 7) is 3.98. The summed E-state index contributed by atoms with van der Waals surface area (Å²) in [4.78, 5) is 23.1. The number of para-hydroxylation sites is 1. The average molecular weight is 347 g/mol. The predicted octanol–water partition coefficient (Wildman–Crippen LogP) is 2.54. The maximum Gasteiger partial charge on any atom is 0.306 e. The van der Waals surface area contributed by atoms with Crippen LogP contribution in [0.15, 0.2) is 18.2 Å². The summed E-state index contributed by atoms with van der Waals surface area (Å²) in [6, 6.07) is 5.76. The zero-order chi connectivity index (χ0) is 18.0. The van der Waals surface area contributed by atoms with Gasteiger partial charge in [-0.1, -0.05) is 12.1 Å². The summed E-state index contributed by atoms with van der Waals surface area (Å²) < 4.78 is 11.6. The minimum atomic E-state index is -0.742. The number of carboxylic acid groups (broad SMARTS) is 1. The Morgan fingerprint density at radius 3 is 2.68 bits per heavy atom. The molecule has 1 aromatic rings. The van der Waals surface area contributed by atoms with Crippen LogP contribution in [-0.2, 0) is 16.0 Å². The van der Waals surface area contributed by atoms with Crippen LogP contribution in [-0.4, -0.2) is 35.2 Å². The highest BCUT2D eigenvalue weighted by atomic mass is 16.5. The highest BCUT2D eigenvalue weighted by molar-refractivity contribution is 5.78. The second-order valence-corrected chi connectivity index (χ2v) is 7.53. The molecule has 0 unspecified atom stereocenters. The number of ether oxygens (including phenoxy) is 2. The molecule has 2 aliphatic rings.